The third-order valence-corrected chi connectivity index (χ3v) is 5.27. The molecule has 1 heterocycles. The van der Waals surface area contributed by atoms with E-state index < -0.39 is 0 Å². The van der Waals surface area contributed by atoms with E-state index in [1.54, 1.807) is 0 Å². The molecule has 2 aliphatic carbocycles. The highest BCUT2D eigenvalue weighted by molar-refractivity contribution is 4.94. The number of hydrogen-bond acceptors (Lipinski definition) is 2. The molecule has 3 rings (SSSR count). The molecule has 2 saturated carbocycles. The van der Waals surface area contributed by atoms with E-state index in [4.69, 9.17) is 0 Å². The summed E-state index contributed by atoms with van der Waals surface area (Å²) in [6.07, 6.45) is 14.1. The summed E-state index contributed by atoms with van der Waals surface area (Å²) in [6.45, 7) is 4.83. The van der Waals surface area contributed by atoms with Crippen LogP contribution in [0.4, 0.5) is 0 Å². The SMILES string of the molecule is CC1CCC(C)C(NC2CCCC2n2ccnc2)C1. The zero-order valence-electron chi connectivity index (χ0n) is 12.3. The van der Waals surface area contributed by atoms with Crippen molar-refractivity contribution < 1.29 is 0 Å². The lowest BCUT2D eigenvalue weighted by Gasteiger charge is -2.37. The predicted octanol–water partition coefficient (Wildman–Crippen LogP) is 3.39. The van der Waals surface area contributed by atoms with Crippen LogP contribution in [0.5, 0.6) is 0 Å². The number of rotatable bonds is 3. The molecule has 5 atom stereocenters. The van der Waals surface area contributed by atoms with E-state index in [0.717, 1.165) is 17.9 Å². The predicted molar refractivity (Wildman–Crippen MR) is 78.0 cm³/mol. The molecule has 19 heavy (non-hydrogen) atoms. The molecule has 3 nitrogen and oxygen atoms in total. The monoisotopic (exact) mass is 261 g/mol. The minimum absolute atomic E-state index is 0.618. The van der Waals surface area contributed by atoms with Gasteiger partial charge in [0.15, 0.2) is 0 Å². The molecule has 0 amide bonds. The molecule has 3 heteroatoms. The van der Waals surface area contributed by atoms with Gasteiger partial charge in [-0.25, -0.2) is 4.98 Å². The van der Waals surface area contributed by atoms with Gasteiger partial charge in [0.25, 0.3) is 0 Å². The lowest BCUT2D eigenvalue weighted by atomic mass is 9.79. The Hall–Kier alpha value is -0.830. The van der Waals surface area contributed by atoms with Gasteiger partial charge >= 0.3 is 0 Å². The van der Waals surface area contributed by atoms with Gasteiger partial charge in [-0.15, -0.1) is 0 Å². The maximum absolute atomic E-state index is 4.21. The Morgan fingerprint density at radius 2 is 2.00 bits per heavy atom. The standard InChI is InChI=1S/C16H27N3/c1-12-6-7-13(2)15(10-12)18-14-4-3-5-16(14)19-9-8-17-11-19/h8-9,11-16,18H,3-7,10H2,1-2H3. The minimum Gasteiger partial charge on any atom is -0.333 e. The Morgan fingerprint density at radius 3 is 2.79 bits per heavy atom. The maximum Gasteiger partial charge on any atom is 0.0949 e. The molecule has 2 fully saturated rings. The van der Waals surface area contributed by atoms with Crippen LogP contribution in [0.3, 0.4) is 0 Å². The van der Waals surface area contributed by atoms with Crippen molar-refractivity contribution in [3.05, 3.63) is 18.7 Å². The Kier molecular flexibility index (Phi) is 3.92. The molecule has 0 saturated heterocycles. The summed E-state index contributed by atoms with van der Waals surface area (Å²) < 4.78 is 2.31. The molecule has 5 unspecified atom stereocenters. The number of aromatic nitrogens is 2. The smallest absolute Gasteiger partial charge is 0.0949 e. The fourth-order valence-electron chi connectivity index (χ4n) is 4.00. The van der Waals surface area contributed by atoms with Gasteiger partial charge in [0, 0.05) is 30.5 Å². The van der Waals surface area contributed by atoms with E-state index in [9.17, 15) is 0 Å². The van der Waals surface area contributed by atoms with Crippen LogP contribution in [0, 0.1) is 11.8 Å². The topological polar surface area (TPSA) is 29.9 Å². The summed E-state index contributed by atoms with van der Waals surface area (Å²) in [5.41, 5.74) is 0. The van der Waals surface area contributed by atoms with E-state index in [0.29, 0.717) is 12.1 Å². The number of hydrogen-bond donors (Lipinski definition) is 1. The van der Waals surface area contributed by atoms with Crippen molar-refractivity contribution >= 4 is 0 Å². The highest BCUT2D eigenvalue weighted by Crippen LogP contribution is 2.34. The van der Waals surface area contributed by atoms with E-state index in [1.807, 2.05) is 12.5 Å². The second-order valence-electron chi connectivity index (χ2n) is 6.78. The Labute approximate surface area is 116 Å². The van der Waals surface area contributed by atoms with Crippen molar-refractivity contribution in [2.75, 3.05) is 0 Å². The molecule has 0 aromatic carbocycles. The van der Waals surface area contributed by atoms with Gasteiger partial charge in [-0.05, 0) is 43.9 Å². The van der Waals surface area contributed by atoms with Crippen molar-refractivity contribution in [1.82, 2.24) is 14.9 Å². The summed E-state index contributed by atoms with van der Waals surface area (Å²) in [4.78, 5) is 4.21. The fraction of sp³-hybridized carbons (Fsp3) is 0.812. The summed E-state index contributed by atoms with van der Waals surface area (Å²) in [5.74, 6) is 1.72. The van der Waals surface area contributed by atoms with Crippen LogP contribution in [-0.4, -0.2) is 21.6 Å². The van der Waals surface area contributed by atoms with E-state index >= 15 is 0 Å². The van der Waals surface area contributed by atoms with Crippen LogP contribution in [0.1, 0.15) is 58.4 Å². The van der Waals surface area contributed by atoms with Crippen LogP contribution in [0.2, 0.25) is 0 Å². The summed E-state index contributed by atoms with van der Waals surface area (Å²) >= 11 is 0. The van der Waals surface area contributed by atoms with Gasteiger partial charge in [0.2, 0.25) is 0 Å². The molecule has 0 radical (unpaired) electrons. The Bertz CT molecular complexity index is 387. The van der Waals surface area contributed by atoms with Crippen LogP contribution in [0.25, 0.3) is 0 Å². The van der Waals surface area contributed by atoms with Crippen LogP contribution in [0.15, 0.2) is 18.7 Å². The maximum atomic E-state index is 4.21. The van der Waals surface area contributed by atoms with Gasteiger partial charge < -0.3 is 9.88 Å². The largest absolute Gasteiger partial charge is 0.333 e. The first-order valence-corrected chi connectivity index (χ1v) is 7.97. The van der Waals surface area contributed by atoms with Crippen LogP contribution >= 0.6 is 0 Å². The van der Waals surface area contributed by atoms with Crippen molar-refractivity contribution in [2.45, 2.75) is 70.5 Å². The van der Waals surface area contributed by atoms with Gasteiger partial charge in [-0.3, -0.25) is 0 Å². The quantitative estimate of drug-likeness (QED) is 0.904. The number of nitrogens with zero attached hydrogens (tertiary/aromatic N) is 2. The zero-order chi connectivity index (χ0) is 13.2. The van der Waals surface area contributed by atoms with Gasteiger partial charge in [0.1, 0.15) is 0 Å². The average molecular weight is 261 g/mol. The fourth-order valence-corrected chi connectivity index (χ4v) is 4.00. The molecule has 1 N–H and O–H groups in total. The Balaban J connectivity index is 1.65. The molecule has 106 valence electrons. The average Bonchev–Trinajstić information content (AvgIpc) is 3.03. The summed E-state index contributed by atoms with van der Waals surface area (Å²) in [5, 5.41) is 3.99. The van der Waals surface area contributed by atoms with Crippen molar-refractivity contribution in [2.24, 2.45) is 11.8 Å². The molecule has 0 aliphatic heterocycles. The second-order valence-corrected chi connectivity index (χ2v) is 6.78. The van der Waals surface area contributed by atoms with Gasteiger partial charge in [-0.2, -0.15) is 0 Å². The van der Waals surface area contributed by atoms with Gasteiger partial charge in [-0.1, -0.05) is 20.3 Å². The lowest BCUT2D eigenvalue weighted by Crippen LogP contribution is -2.46. The summed E-state index contributed by atoms with van der Waals surface area (Å²) in [7, 11) is 0. The van der Waals surface area contributed by atoms with Crippen molar-refractivity contribution in [1.29, 1.82) is 0 Å². The Morgan fingerprint density at radius 1 is 1.11 bits per heavy atom. The van der Waals surface area contributed by atoms with Crippen molar-refractivity contribution in [3.8, 4) is 0 Å². The third-order valence-electron chi connectivity index (χ3n) is 5.27. The van der Waals surface area contributed by atoms with Gasteiger partial charge in [0.05, 0.1) is 6.33 Å². The first-order valence-electron chi connectivity index (χ1n) is 7.97. The lowest BCUT2D eigenvalue weighted by molar-refractivity contribution is 0.201. The number of nitrogens with one attached hydrogen (secondary N) is 1. The normalized spacial score (nSPS) is 39.6. The highest BCUT2D eigenvalue weighted by Gasteiger charge is 2.33. The minimum atomic E-state index is 0.618. The zero-order valence-corrected chi connectivity index (χ0v) is 12.3. The molecular weight excluding hydrogens is 234 g/mol. The first kappa shape index (κ1) is 13.2. The molecule has 1 aromatic rings. The van der Waals surface area contributed by atoms with Crippen LogP contribution < -0.4 is 5.32 Å². The highest BCUT2D eigenvalue weighted by atomic mass is 15.1. The number of imidazole rings is 1. The van der Waals surface area contributed by atoms with Crippen LogP contribution in [-0.2, 0) is 0 Å². The molecule has 1 aromatic heterocycles. The van der Waals surface area contributed by atoms with Crippen molar-refractivity contribution in [3.63, 3.8) is 0 Å². The third kappa shape index (κ3) is 2.86. The molecular formula is C16H27N3. The second kappa shape index (κ2) is 5.66. The molecule has 0 spiro atoms. The first-order chi connectivity index (χ1) is 9.24. The molecule has 0 bridgehead atoms. The van der Waals surface area contributed by atoms with E-state index in [-0.39, 0.29) is 0 Å². The summed E-state index contributed by atoms with van der Waals surface area (Å²) in [6, 6.07) is 1.98. The van der Waals surface area contributed by atoms with E-state index in [1.165, 1.54) is 38.5 Å². The van der Waals surface area contributed by atoms with E-state index in [2.05, 4.69) is 34.9 Å². The molecule has 2 aliphatic rings.